The Labute approximate surface area is 115 Å². The summed E-state index contributed by atoms with van der Waals surface area (Å²) in [7, 11) is 1.99. The van der Waals surface area contributed by atoms with Crippen molar-refractivity contribution >= 4 is 11.3 Å². The van der Waals surface area contributed by atoms with Gasteiger partial charge in [0.25, 0.3) is 0 Å². The van der Waals surface area contributed by atoms with E-state index in [-0.39, 0.29) is 6.10 Å². The summed E-state index contributed by atoms with van der Waals surface area (Å²) in [6.45, 7) is 8.12. The predicted octanol–water partition coefficient (Wildman–Crippen LogP) is 3.69. The average Bonchev–Trinajstić information content (AvgIpc) is 2.73. The molecule has 1 heterocycles. The Bertz CT molecular complexity index is 309. The first-order valence-corrected chi connectivity index (χ1v) is 7.83. The van der Waals surface area contributed by atoms with Crippen LogP contribution in [0.3, 0.4) is 0 Å². The van der Waals surface area contributed by atoms with Crippen LogP contribution in [0.4, 0.5) is 0 Å². The van der Waals surface area contributed by atoms with Gasteiger partial charge in [-0.3, -0.25) is 0 Å². The van der Waals surface area contributed by atoms with Gasteiger partial charge >= 0.3 is 0 Å². The number of aromatic nitrogens is 1. The van der Waals surface area contributed by atoms with E-state index >= 15 is 0 Å². The van der Waals surface area contributed by atoms with Crippen molar-refractivity contribution < 1.29 is 4.74 Å². The topological polar surface area (TPSA) is 34.1 Å². The lowest BCUT2D eigenvalue weighted by Gasteiger charge is -2.12. The van der Waals surface area contributed by atoms with E-state index < -0.39 is 0 Å². The summed E-state index contributed by atoms with van der Waals surface area (Å²) in [5, 5.41) is 4.39. The second-order valence-electron chi connectivity index (χ2n) is 4.43. The molecule has 0 saturated heterocycles. The maximum Gasteiger partial charge on any atom is 0.122 e. The van der Waals surface area contributed by atoms with Crippen molar-refractivity contribution in [3.8, 4) is 0 Å². The number of ether oxygens (including phenoxy) is 1. The lowest BCUT2D eigenvalue weighted by Crippen LogP contribution is -2.05. The fourth-order valence-corrected chi connectivity index (χ4v) is 3.22. The molecule has 1 rings (SSSR count). The van der Waals surface area contributed by atoms with Crippen molar-refractivity contribution in [2.45, 2.75) is 59.1 Å². The molecule has 3 nitrogen and oxygen atoms in total. The van der Waals surface area contributed by atoms with Gasteiger partial charge in [-0.25, -0.2) is 4.98 Å². The van der Waals surface area contributed by atoms with Crippen molar-refractivity contribution in [3.05, 3.63) is 15.6 Å². The normalized spacial score (nSPS) is 12.9. The van der Waals surface area contributed by atoms with Crippen LogP contribution in [0.1, 0.15) is 61.7 Å². The van der Waals surface area contributed by atoms with Crippen LogP contribution >= 0.6 is 11.3 Å². The first-order chi connectivity index (χ1) is 8.76. The summed E-state index contributed by atoms with van der Waals surface area (Å²) in [4.78, 5) is 6.18. The van der Waals surface area contributed by atoms with E-state index in [9.17, 15) is 0 Å². The zero-order valence-corrected chi connectivity index (χ0v) is 12.9. The number of rotatable bonds is 9. The van der Waals surface area contributed by atoms with Crippen LogP contribution in [0, 0.1) is 0 Å². The van der Waals surface area contributed by atoms with Gasteiger partial charge in [-0.15, -0.1) is 11.3 Å². The Kier molecular flexibility index (Phi) is 7.47. The fourth-order valence-electron chi connectivity index (χ4n) is 2.01. The smallest absolute Gasteiger partial charge is 0.122 e. The highest BCUT2D eigenvalue weighted by Gasteiger charge is 2.18. The maximum absolute atomic E-state index is 5.82. The Morgan fingerprint density at radius 3 is 2.61 bits per heavy atom. The quantitative estimate of drug-likeness (QED) is 0.743. The lowest BCUT2D eigenvalue weighted by molar-refractivity contribution is 0.0554. The molecule has 4 heteroatoms. The monoisotopic (exact) mass is 270 g/mol. The summed E-state index contributed by atoms with van der Waals surface area (Å²) in [6.07, 6.45) is 4.60. The van der Waals surface area contributed by atoms with Crippen LogP contribution in [0.5, 0.6) is 0 Å². The minimum absolute atomic E-state index is 0.186. The molecule has 1 unspecified atom stereocenters. The summed E-state index contributed by atoms with van der Waals surface area (Å²) in [6, 6.07) is 0. The molecule has 0 fully saturated rings. The number of nitrogens with zero attached hydrogens (tertiary/aromatic N) is 1. The number of hydrogen-bond acceptors (Lipinski definition) is 4. The molecule has 0 bridgehead atoms. The summed E-state index contributed by atoms with van der Waals surface area (Å²) in [5.74, 6) is 0. The molecule has 0 amide bonds. The second-order valence-corrected chi connectivity index (χ2v) is 5.55. The third-order valence-corrected chi connectivity index (χ3v) is 4.00. The molecule has 1 aromatic rings. The van der Waals surface area contributed by atoms with Crippen molar-refractivity contribution in [2.24, 2.45) is 0 Å². The maximum atomic E-state index is 5.82. The number of nitrogens with one attached hydrogen (secondary N) is 1. The molecule has 1 N–H and O–H groups in total. The Balaban J connectivity index is 2.88. The molecule has 0 aliphatic carbocycles. The van der Waals surface area contributed by atoms with Crippen LogP contribution in [0.15, 0.2) is 0 Å². The van der Waals surface area contributed by atoms with E-state index in [0.717, 1.165) is 43.8 Å². The van der Waals surface area contributed by atoms with E-state index in [0.29, 0.717) is 0 Å². The van der Waals surface area contributed by atoms with Crippen LogP contribution in [0.2, 0.25) is 0 Å². The first-order valence-electron chi connectivity index (χ1n) is 7.01. The highest BCUT2D eigenvalue weighted by atomic mass is 32.1. The van der Waals surface area contributed by atoms with Gasteiger partial charge in [0.15, 0.2) is 0 Å². The SMILES string of the molecule is CCCc1nc(C(CCC)OCC)sc1CNC. The van der Waals surface area contributed by atoms with E-state index in [4.69, 9.17) is 9.72 Å². The summed E-state index contributed by atoms with van der Waals surface area (Å²) >= 11 is 1.81. The lowest BCUT2D eigenvalue weighted by atomic mass is 10.2. The molecule has 18 heavy (non-hydrogen) atoms. The molecule has 1 aromatic heterocycles. The van der Waals surface area contributed by atoms with E-state index in [2.05, 4.69) is 26.1 Å². The molecule has 1 atom stereocenters. The number of hydrogen-bond donors (Lipinski definition) is 1. The van der Waals surface area contributed by atoms with Gasteiger partial charge in [-0.1, -0.05) is 26.7 Å². The number of thiazole rings is 1. The number of aryl methyl sites for hydroxylation is 1. The van der Waals surface area contributed by atoms with Gasteiger partial charge in [0.05, 0.1) is 5.69 Å². The van der Waals surface area contributed by atoms with Crippen LogP contribution in [-0.2, 0) is 17.7 Å². The molecule has 0 aliphatic heterocycles. The first kappa shape index (κ1) is 15.6. The van der Waals surface area contributed by atoms with Gasteiger partial charge in [0.1, 0.15) is 11.1 Å². The van der Waals surface area contributed by atoms with Gasteiger partial charge in [-0.2, -0.15) is 0 Å². The zero-order chi connectivity index (χ0) is 13.4. The van der Waals surface area contributed by atoms with Gasteiger partial charge in [-0.05, 0) is 26.8 Å². The highest BCUT2D eigenvalue weighted by Crippen LogP contribution is 2.30. The highest BCUT2D eigenvalue weighted by molar-refractivity contribution is 7.11. The Hall–Kier alpha value is -0.450. The summed E-state index contributed by atoms with van der Waals surface area (Å²) < 4.78 is 5.82. The predicted molar refractivity (Wildman–Crippen MR) is 78.1 cm³/mol. The summed E-state index contributed by atoms with van der Waals surface area (Å²) in [5.41, 5.74) is 1.26. The standard InChI is InChI=1S/C14H26N2OS/c1-5-8-11-13(10-15-4)18-14(16-11)12(9-6-2)17-7-3/h12,15H,5-10H2,1-4H3. The second kappa shape index (κ2) is 8.62. The molecular weight excluding hydrogens is 244 g/mol. The zero-order valence-electron chi connectivity index (χ0n) is 12.1. The average molecular weight is 270 g/mol. The molecular formula is C14H26N2OS. The van der Waals surface area contributed by atoms with E-state index in [1.54, 1.807) is 0 Å². The van der Waals surface area contributed by atoms with E-state index in [1.165, 1.54) is 10.6 Å². The van der Waals surface area contributed by atoms with Crippen molar-refractivity contribution in [2.75, 3.05) is 13.7 Å². The molecule has 0 aromatic carbocycles. The third-order valence-electron chi connectivity index (χ3n) is 2.81. The molecule has 0 spiro atoms. The van der Waals surface area contributed by atoms with E-state index in [1.807, 2.05) is 18.4 Å². The fraction of sp³-hybridized carbons (Fsp3) is 0.786. The molecule has 0 radical (unpaired) electrons. The molecule has 104 valence electrons. The molecule has 0 saturated carbocycles. The van der Waals surface area contributed by atoms with Gasteiger partial charge in [0, 0.05) is 18.0 Å². The van der Waals surface area contributed by atoms with Crippen molar-refractivity contribution in [1.29, 1.82) is 0 Å². The minimum Gasteiger partial charge on any atom is -0.371 e. The van der Waals surface area contributed by atoms with Crippen molar-refractivity contribution in [3.63, 3.8) is 0 Å². The Morgan fingerprint density at radius 1 is 1.28 bits per heavy atom. The largest absolute Gasteiger partial charge is 0.371 e. The Morgan fingerprint density at radius 2 is 2.06 bits per heavy atom. The van der Waals surface area contributed by atoms with Crippen LogP contribution in [-0.4, -0.2) is 18.6 Å². The minimum atomic E-state index is 0.186. The van der Waals surface area contributed by atoms with Gasteiger partial charge in [0.2, 0.25) is 0 Å². The van der Waals surface area contributed by atoms with Crippen LogP contribution < -0.4 is 5.32 Å². The van der Waals surface area contributed by atoms with Gasteiger partial charge < -0.3 is 10.1 Å². The van der Waals surface area contributed by atoms with Crippen LogP contribution in [0.25, 0.3) is 0 Å². The van der Waals surface area contributed by atoms with Crippen molar-refractivity contribution in [1.82, 2.24) is 10.3 Å². The molecule has 0 aliphatic rings. The third kappa shape index (κ3) is 4.34.